The number of likely N-dealkylation sites (tertiary alicyclic amines) is 1. The van der Waals surface area contributed by atoms with Crippen LogP contribution in [0.5, 0.6) is 5.75 Å². The van der Waals surface area contributed by atoms with E-state index in [-0.39, 0.29) is 11.9 Å². The number of benzene rings is 1. The van der Waals surface area contributed by atoms with Crippen molar-refractivity contribution in [3.63, 3.8) is 0 Å². The van der Waals surface area contributed by atoms with Gasteiger partial charge >= 0.3 is 0 Å². The van der Waals surface area contributed by atoms with Crippen molar-refractivity contribution in [1.82, 2.24) is 24.5 Å². The zero-order chi connectivity index (χ0) is 20.5. The molecule has 7 nitrogen and oxygen atoms in total. The van der Waals surface area contributed by atoms with Gasteiger partial charge in [0.05, 0.1) is 6.04 Å². The van der Waals surface area contributed by atoms with Crippen LogP contribution >= 0.6 is 22.9 Å². The number of amides is 1. The van der Waals surface area contributed by atoms with Crippen molar-refractivity contribution in [3.05, 3.63) is 75.6 Å². The second-order valence-corrected chi connectivity index (χ2v) is 8.39. The van der Waals surface area contributed by atoms with Crippen molar-refractivity contribution in [2.24, 2.45) is 0 Å². The summed E-state index contributed by atoms with van der Waals surface area (Å²) < 4.78 is 7.68. The van der Waals surface area contributed by atoms with Crippen LogP contribution in [-0.2, 0) is 6.61 Å². The topological polar surface area (TPSA) is 72.6 Å². The number of halogens is 1. The molecule has 0 saturated carbocycles. The molecule has 152 valence electrons. The smallest absolute Gasteiger partial charge is 0.273 e. The van der Waals surface area contributed by atoms with E-state index in [1.165, 1.54) is 11.3 Å². The molecule has 4 aromatic rings. The summed E-state index contributed by atoms with van der Waals surface area (Å²) in [6.07, 6.45) is 3.72. The highest BCUT2D eigenvalue weighted by atomic mass is 35.5. The molecule has 0 unspecified atom stereocenters. The van der Waals surface area contributed by atoms with Gasteiger partial charge in [0.15, 0.2) is 11.5 Å². The van der Waals surface area contributed by atoms with Gasteiger partial charge in [-0.2, -0.15) is 0 Å². The predicted octanol–water partition coefficient (Wildman–Crippen LogP) is 4.40. The average molecular weight is 440 g/mol. The van der Waals surface area contributed by atoms with E-state index in [9.17, 15) is 4.79 Å². The van der Waals surface area contributed by atoms with Gasteiger partial charge in [-0.1, -0.05) is 17.7 Å². The Bertz CT molecular complexity index is 1190. The van der Waals surface area contributed by atoms with Crippen molar-refractivity contribution in [3.8, 4) is 5.75 Å². The Morgan fingerprint density at radius 3 is 2.93 bits per heavy atom. The number of carbonyl (C=O) groups is 1. The minimum Gasteiger partial charge on any atom is -0.486 e. The van der Waals surface area contributed by atoms with Crippen molar-refractivity contribution in [1.29, 1.82) is 0 Å². The molecule has 1 fully saturated rings. The second kappa shape index (κ2) is 8.04. The first-order valence-electron chi connectivity index (χ1n) is 9.62. The number of fused-ring (bicyclic) bond motifs is 1. The quantitative estimate of drug-likeness (QED) is 0.461. The van der Waals surface area contributed by atoms with Gasteiger partial charge in [0.25, 0.3) is 5.91 Å². The highest BCUT2D eigenvalue weighted by Crippen LogP contribution is 2.32. The average Bonchev–Trinajstić information content (AvgIpc) is 3.51. The maximum Gasteiger partial charge on any atom is 0.273 e. The third-order valence-corrected chi connectivity index (χ3v) is 6.17. The number of carbonyl (C=O) groups excluding carboxylic acids is 1. The summed E-state index contributed by atoms with van der Waals surface area (Å²) >= 11 is 7.31. The van der Waals surface area contributed by atoms with E-state index >= 15 is 0 Å². The molecule has 0 aliphatic carbocycles. The molecule has 0 radical (unpaired) electrons. The molecule has 30 heavy (non-hydrogen) atoms. The number of nitrogens with zero attached hydrogens (tertiary/aromatic N) is 5. The third kappa shape index (κ3) is 3.64. The molecule has 0 N–H and O–H groups in total. The Balaban J connectivity index is 1.31. The Hall–Kier alpha value is -2.97. The molecule has 1 aliphatic rings. The summed E-state index contributed by atoms with van der Waals surface area (Å²) in [4.78, 5) is 19.5. The number of rotatable bonds is 5. The maximum atomic E-state index is 13.2. The summed E-state index contributed by atoms with van der Waals surface area (Å²) in [6.45, 7) is 0.983. The SMILES string of the molecule is O=C(c1csc(COc2ccc(Cl)cc2)n1)N1CCC[C@H]1c1nnc2ccccn12. The molecule has 1 saturated heterocycles. The predicted molar refractivity (Wildman–Crippen MR) is 114 cm³/mol. The van der Waals surface area contributed by atoms with Crippen LogP contribution in [0.25, 0.3) is 5.65 Å². The lowest BCUT2D eigenvalue weighted by Gasteiger charge is -2.22. The van der Waals surface area contributed by atoms with Crippen LogP contribution in [0.15, 0.2) is 54.0 Å². The molecule has 0 bridgehead atoms. The lowest BCUT2D eigenvalue weighted by atomic mass is 10.2. The molecule has 1 aromatic carbocycles. The minimum absolute atomic E-state index is 0.0841. The fourth-order valence-corrected chi connectivity index (χ4v) is 4.47. The lowest BCUT2D eigenvalue weighted by molar-refractivity contribution is 0.0723. The summed E-state index contributed by atoms with van der Waals surface area (Å²) in [6, 6.07) is 12.8. The molecule has 5 rings (SSSR count). The Morgan fingerprint density at radius 1 is 1.20 bits per heavy atom. The van der Waals surface area contributed by atoms with Crippen molar-refractivity contribution in [2.45, 2.75) is 25.5 Å². The molecule has 1 atom stereocenters. The molecule has 1 amide bonds. The first-order valence-corrected chi connectivity index (χ1v) is 10.9. The van der Waals surface area contributed by atoms with Crippen LogP contribution in [0.1, 0.15) is 40.2 Å². The Morgan fingerprint density at radius 2 is 2.07 bits per heavy atom. The fraction of sp³-hybridized carbons (Fsp3) is 0.238. The largest absolute Gasteiger partial charge is 0.486 e. The zero-order valence-electron chi connectivity index (χ0n) is 15.9. The maximum absolute atomic E-state index is 13.2. The minimum atomic E-state index is -0.106. The van der Waals surface area contributed by atoms with E-state index in [4.69, 9.17) is 16.3 Å². The number of hydrogen-bond acceptors (Lipinski definition) is 6. The van der Waals surface area contributed by atoms with Gasteiger partial charge in [0.2, 0.25) is 0 Å². The van der Waals surface area contributed by atoms with E-state index < -0.39 is 0 Å². The standard InChI is InChI=1S/C21H18ClN5O2S/c22-14-6-8-15(9-7-14)29-12-19-23-16(13-30-19)21(28)26-11-3-4-17(26)20-25-24-18-5-1-2-10-27(18)20/h1-2,5-10,13,17H,3-4,11-12H2/t17-/m0/s1. The van der Waals surface area contributed by atoms with E-state index in [2.05, 4.69) is 15.2 Å². The molecular formula is C21H18ClN5O2S. The first-order chi connectivity index (χ1) is 14.7. The van der Waals surface area contributed by atoms with Crippen LogP contribution in [-0.4, -0.2) is 36.9 Å². The van der Waals surface area contributed by atoms with E-state index in [1.54, 1.807) is 29.6 Å². The van der Waals surface area contributed by atoms with Crippen LogP contribution in [0, 0.1) is 0 Å². The third-order valence-electron chi connectivity index (χ3n) is 5.10. The zero-order valence-corrected chi connectivity index (χ0v) is 17.5. The van der Waals surface area contributed by atoms with E-state index in [0.717, 1.165) is 29.3 Å². The van der Waals surface area contributed by atoms with Crippen molar-refractivity contribution < 1.29 is 9.53 Å². The van der Waals surface area contributed by atoms with Crippen molar-refractivity contribution >= 4 is 34.5 Å². The van der Waals surface area contributed by atoms with Crippen LogP contribution < -0.4 is 4.74 Å². The van der Waals surface area contributed by atoms with Gasteiger partial charge in [0.1, 0.15) is 23.1 Å². The number of hydrogen-bond donors (Lipinski definition) is 0. The monoisotopic (exact) mass is 439 g/mol. The fourth-order valence-electron chi connectivity index (χ4n) is 3.66. The van der Waals surface area contributed by atoms with Gasteiger partial charge in [-0.25, -0.2) is 4.98 Å². The van der Waals surface area contributed by atoms with Gasteiger partial charge in [-0.05, 0) is 49.2 Å². The van der Waals surface area contributed by atoms with Gasteiger partial charge in [-0.15, -0.1) is 21.5 Å². The molecule has 9 heteroatoms. The molecule has 0 spiro atoms. The summed E-state index contributed by atoms with van der Waals surface area (Å²) in [5, 5.41) is 11.8. The summed E-state index contributed by atoms with van der Waals surface area (Å²) in [7, 11) is 0. The highest BCUT2D eigenvalue weighted by Gasteiger charge is 2.34. The number of ether oxygens (including phenoxy) is 1. The van der Waals surface area contributed by atoms with Crippen LogP contribution in [0.2, 0.25) is 5.02 Å². The van der Waals surface area contributed by atoms with Crippen molar-refractivity contribution in [2.75, 3.05) is 6.54 Å². The first kappa shape index (κ1) is 19.0. The molecule has 3 aromatic heterocycles. The van der Waals surface area contributed by atoms with Crippen LogP contribution in [0.3, 0.4) is 0 Å². The molecular weight excluding hydrogens is 422 g/mol. The summed E-state index contributed by atoms with van der Waals surface area (Å²) in [5.41, 5.74) is 1.22. The Kier molecular flexibility index (Phi) is 5.10. The molecule has 1 aliphatic heterocycles. The van der Waals surface area contributed by atoms with Gasteiger partial charge < -0.3 is 9.64 Å². The number of aromatic nitrogens is 4. The number of thiazole rings is 1. The van der Waals surface area contributed by atoms with Gasteiger partial charge in [-0.3, -0.25) is 9.20 Å². The Labute approximate surface area is 181 Å². The normalized spacial score (nSPS) is 16.3. The van der Waals surface area contributed by atoms with E-state index in [1.807, 2.05) is 33.7 Å². The van der Waals surface area contributed by atoms with Crippen LogP contribution in [0.4, 0.5) is 0 Å². The lowest BCUT2D eigenvalue weighted by Crippen LogP contribution is -2.31. The van der Waals surface area contributed by atoms with E-state index in [0.29, 0.717) is 29.6 Å². The summed E-state index contributed by atoms with van der Waals surface area (Å²) in [5.74, 6) is 1.41. The second-order valence-electron chi connectivity index (χ2n) is 7.01. The highest BCUT2D eigenvalue weighted by molar-refractivity contribution is 7.09. The van der Waals surface area contributed by atoms with Gasteiger partial charge in [0, 0.05) is 23.1 Å². The number of pyridine rings is 1. The molecule has 4 heterocycles.